The summed E-state index contributed by atoms with van der Waals surface area (Å²) in [5.74, 6) is 1.20. The van der Waals surface area contributed by atoms with Crippen LogP contribution in [0.5, 0.6) is 11.8 Å². The third kappa shape index (κ3) is 5.19. The minimum atomic E-state index is -2.36. The van der Waals surface area contributed by atoms with Gasteiger partial charge in [-0.2, -0.15) is 9.97 Å². The van der Waals surface area contributed by atoms with Gasteiger partial charge in [-0.25, -0.2) is 22.5 Å². The predicted molar refractivity (Wildman–Crippen MR) is 172 cm³/mol. The van der Waals surface area contributed by atoms with E-state index in [1.54, 1.807) is 0 Å². The van der Waals surface area contributed by atoms with E-state index in [0.717, 1.165) is 25.8 Å². The summed E-state index contributed by atoms with van der Waals surface area (Å²) in [5, 5.41) is 11.8. The number of aromatic hydroxyl groups is 1. The average molecular weight is 662 g/mol. The summed E-state index contributed by atoms with van der Waals surface area (Å²) >= 11 is 0. The Morgan fingerprint density at radius 1 is 1.12 bits per heavy atom. The van der Waals surface area contributed by atoms with Crippen LogP contribution in [-0.2, 0) is 11.2 Å². The van der Waals surface area contributed by atoms with Gasteiger partial charge >= 0.3 is 6.01 Å². The highest BCUT2D eigenvalue weighted by Gasteiger charge is 2.49. The van der Waals surface area contributed by atoms with E-state index in [1.165, 1.54) is 24.3 Å². The maximum atomic E-state index is 17.1. The van der Waals surface area contributed by atoms with Crippen molar-refractivity contribution in [1.29, 1.82) is 0 Å². The number of alkyl halides is 2. The lowest BCUT2D eigenvalue weighted by Crippen LogP contribution is -2.43. The molecule has 3 fully saturated rings. The summed E-state index contributed by atoms with van der Waals surface area (Å²) in [6.07, 6.45) is 7.44. The number of ether oxygens (including phenoxy) is 2. The summed E-state index contributed by atoms with van der Waals surface area (Å²) in [6, 6.07) is 5.43. The van der Waals surface area contributed by atoms with Crippen LogP contribution in [0, 0.1) is 29.9 Å². The summed E-state index contributed by atoms with van der Waals surface area (Å²) in [7, 11) is 0. The zero-order valence-corrected chi connectivity index (χ0v) is 26.3. The minimum Gasteiger partial charge on any atom is -0.508 e. The molecule has 0 spiro atoms. The molecular weight excluding hydrogens is 626 g/mol. The fraction of sp³-hybridized carbons (Fsp3) is 0.472. The predicted octanol–water partition coefficient (Wildman–Crippen LogP) is 6.24. The number of benzene rings is 2. The molecule has 3 saturated heterocycles. The topological polar surface area (TPSA) is 83.8 Å². The zero-order chi connectivity index (χ0) is 33.2. The van der Waals surface area contributed by atoms with E-state index in [9.17, 15) is 18.3 Å². The lowest BCUT2D eigenvalue weighted by Gasteiger charge is -2.32. The Labute approximate surface area is 275 Å². The molecule has 0 bridgehead atoms. The Bertz CT molecular complexity index is 1970. The highest BCUT2D eigenvalue weighted by Crippen LogP contribution is 2.45. The van der Waals surface area contributed by atoms with Gasteiger partial charge in [-0.05, 0) is 74.6 Å². The van der Waals surface area contributed by atoms with Crippen LogP contribution in [0.1, 0.15) is 49.8 Å². The van der Waals surface area contributed by atoms with E-state index in [1.807, 2.05) is 0 Å². The van der Waals surface area contributed by atoms with Crippen molar-refractivity contribution in [3.05, 3.63) is 47.2 Å². The molecule has 0 saturated carbocycles. The third-order valence-electron chi connectivity index (χ3n) is 10.6. The van der Waals surface area contributed by atoms with Gasteiger partial charge in [0, 0.05) is 37.1 Å². The number of rotatable bonds is 6. The number of pyridine rings is 1. The zero-order valence-electron chi connectivity index (χ0n) is 26.3. The number of hydrogen-bond donors (Lipinski definition) is 1. The number of hydrogen-bond acceptors (Lipinski definition) is 8. The van der Waals surface area contributed by atoms with Crippen molar-refractivity contribution in [3.8, 4) is 35.4 Å². The molecule has 3 atom stereocenters. The van der Waals surface area contributed by atoms with Crippen LogP contribution in [0.4, 0.5) is 23.4 Å². The summed E-state index contributed by atoms with van der Waals surface area (Å²) < 4.78 is 70.9. The number of halogens is 4. The largest absolute Gasteiger partial charge is 0.508 e. The first-order valence-electron chi connectivity index (χ1n) is 16.6. The second-order valence-corrected chi connectivity index (χ2v) is 13.5. The normalized spacial score (nSPS) is 24.0. The van der Waals surface area contributed by atoms with Crippen molar-refractivity contribution >= 4 is 27.5 Å². The molecule has 0 aliphatic carbocycles. The van der Waals surface area contributed by atoms with Crippen LogP contribution in [0.25, 0.3) is 32.9 Å². The lowest BCUT2D eigenvalue weighted by molar-refractivity contribution is 0.106. The van der Waals surface area contributed by atoms with E-state index in [4.69, 9.17) is 25.9 Å². The highest BCUT2D eigenvalue weighted by molar-refractivity contribution is 6.03. The fourth-order valence-electron chi connectivity index (χ4n) is 8.50. The van der Waals surface area contributed by atoms with Crippen molar-refractivity contribution in [3.63, 3.8) is 0 Å². The second kappa shape index (κ2) is 12.0. The highest BCUT2D eigenvalue weighted by atomic mass is 19.3. The number of terminal acetylenes is 1. The molecule has 4 aliphatic heterocycles. The van der Waals surface area contributed by atoms with Gasteiger partial charge in [0.15, 0.2) is 5.82 Å². The maximum absolute atomic E-state index is 17.1. The Hall–Kier alpha value is -4.21. The molecule has 48 heavy (non-hydrogen) atoms. The molecule has 250 valence electrons. The van der Waals surface area contributed by atoms with Crippen LogP contribution in [-0.4, -0.2) is 82.4 Å². The van der Waals surface area contributed by atoms with Gasteiger partial charge < -0.3 is 19.5 Å². The van der Waals surface area contributed by atoms with Gasteiger partial charge in [0.05, 0.1) is 34.8 Å². The second-order valence-electron chi connectivity index (χ2n) is 13.5. The molecule has 2 aromatic carbocycles. The van der Waals surface area contributed by atoms with Crippen molar-refractivity contribution in [1.82, 2.24) is 19.9 Å². The van der Waals surface area contributed by atoms with Gasteiger partial charge in [-0.3, -0.25) is 4.90 Å². The first-order valence-corrected chi connectivity index (χ1v) is 16.6. The molecule has 1 N–H and O–H groups in total. The van der Waals surface area contributed by atoms with E-state index in [-0.39, 0.29) is 64.5 Å². The molecule has 4 aliphatic rings. The first-order chi connectivity index (χ1) is 23.2. The molecule has 2 aromatic heterocycles. The lowest BCUT2D eigenvalue weighted by atomic mass is 9.89. The molecular formula is C36H35F4N5O3. The van der Waals surface area contributed by atoms with Crippen LogP contribution >= 0.6 is 0 Å². The van der Waals surface area contributed by atoms with Crippen molar-refractivity contribution in [2.45, 2.75) is 63.0 Å². The van der Waals surface area contributed by atoms with Gasteiger partial charge in [-0.15, -0.1) is 6.42 Å². The van der Waals surface area contributed by atoms with Crippen molar-refractivity contribution in [2.24, 2.45) is 5.92 Å². The Kier molecular flexibility index (Phi) is 7.79. The number of aromatic nitrogens is 3. The molecule has 1 unspecified atom stereocenters. The van der Waals surface area contributed by atoms with Crippen LogP contribution in [0.3, 0.4) is 0 Å². The Balaban J connectivity index is 1.28. The molecule has 0 radical (unpaired) electrons. The quantitative estimate of drug-likeness (QED) is 0.192. The third-order valence-corrected chi connectivity index (χ3v) is 10.6. The Morgan fingerprint density at radius 3 is 2.83 bits per heavy atom. The monoisotopic (exact) mass is 661 g/mol. The summed E-state index contributed by atoms with van der Waals surface area (Å²) in [6.45, 7) is 3.30. The fourth-order valence-corrected chi connectivity index (χ4v) is 8.50. The average Bonchev–Trinajstić information content (AvgIpc) is 3.43. The molecule has 12 heteroatoms. The first kappa shape index (κ1) is 31.1. The van der Waals surface area contributed by atoms with Gasteiger partial charge in [0.25, 0.3) is 0 Å². The minimum absolute atomic E-state index is 0.00116. The number of aryl methyl sites for hydroxylation is 1. The number of nitrogens with zero attached hydrogens (tertiary/aromatic N) is 5. The molecule has 8 nitrogen and oxygen atoms in total. The van der Waals surface area contributed by atoms with Gasteiger partial charge in [0.1, 0.15) is 35.2 Å². The number of phenols is 1. The number of anilines is 1. The van der Waals surface area contributed by atoms with Gasteiger partial charge in [-0.1, -0.05) is 12.0 Å². The van der Waals surface area contributed by atoms with E-state index >= 15 is 4.39 Å². The molecule has 0 amide bonds. The van der Waals surface area contributed by atoms with Crippen LogP contribution in [0.2, 0.25) is 0 Å². The van der Waals surface area contributed by atoms with E-state index < -0.39 is 23.6 Å². The van der Waals surface area contributed by atoms with E-state index in [0.29, 0.717) is 67.8 Å². The molecule has 6 heterocycles. The number of fused-ring (bicyclic) bond motifs is 4. The van der Waals surface area contributed by atoms with Crippen LogP contribution in [0.15, 0.2) is 24.3 Å². The summed E-state index contributed by atoms with van der Waals surface area (Å²) in [5.41, 5.74) is 0.129. The SMILES string of the molecule is C#Cc1c(F)ccc2cc(O)cc(-c3nc4c5c(nc(OC[C@@]67CCCN6CC(CC(F)F)C7)nc5c3F)N3CCCOC[C@@H]3CC4)c12. The van der Waals surface area contributed by atoms with Crippen LogP contribution < -0.4 is 9.64 Å². The summed E-state index contributed by atoms with van der Waals surface area (Å²) in [4.78, 5) is 18.7. The van der Waals surface area contributed by atoms with Crippen molar-refractivity contribution in [2.75, 3.05) is 44.4 Å². The molecule has 4 aromatic rings. The van der Waals surface area contributed by atoms with Crippen molar-refractivity contribution < 1.29 is 32.1 Å². The smallest absolute Gasteiger partial charge is 0.319 e. The number of phenolic OH excluding ortho intramolecular Hbond substituents is 1. The maximum Gasteiger partial charge on any atom is 0.319 e. The molecule has 8 rings (SSSR count). The Morgan fingerprint density at radius 2 is 2.00 bits per heavy atom. The van der Waals surface area contributed by atoms with Gasteiger partial charge in [0.2, 0.25) is 6.43 Å². The van der Waals surface area contributed by atoms with E-state index in [2.05, 4.69) is 20.7 Å². The standard InChI is InChI=1S/C36H35F4N5O3/c1-2-24-26(37)7-5-21-14-23(46)15-25(29(21)24)32-31(40)33-30-27(41-32)8-6-22-18-47-12-4-11-45(22)34(30)43-35(42-33)48-19-36-9-3-10-44(36)17-20(16-36)13-28(38)39/h1,5,7,14-15,20,22,28,46H,3-4,6,8-13,16-19H2/t20?,22-,36-/m0/s1.